The second-order valence-corrected chi connectivity index (χ2v) is 3.56. The molecule has 1 rings (SSSR count). The Morgan fingerprint density at radius 2 is 2.06 bits per heavy atom. The van der Waals surface area contributed by atoms with E-state index in [-0.39, 0.29) is 11.3 Å². The second-order valence-electron chi connectivity index (χ2n) is 3.56. The van der Waals surface area contributed by atoms with E-state index in [1.807, 2.05) is 0 Å². The first kappa shape index (κ1) is 13.6. The molecule has 0 spiro atoms. The molecule has 0 radical (unpaired) electrons. The zero-order valence-corrected chi connectivity index (χ0v) is 9.42. The van der Waals surface area contributed by atoms with E-state index in [4.69, 9.17) is 5.53 Å². The van der Waals surface area contributed by atoms with Gasteiger partial charge in [0.2, 0.25) is 0 Å². The molecule has 0 bridgehead atoms. The average molecular weight is 250 g/mol. The monoisotopic (exact) mass is 250 g/mol. The Labute approximate surface area is 102 Å². The topological polar surface area (TPSA) is 129 Å². The molecule has 0 saturated carbocycles. The molecule has 18 heavy (non-hydrogen) atoms. The first-order valence-corrected chi connectivity index (χ1v) is 4.98. The minimum Gasteiger partial charge on any atom is -0.393 e. The Hall–Kier alpha value is -2.44. The molecule has 0 aliphatic heterocycles. The van der Waals surface area contributed by atoms with Gasteiger partial charge in [-0.3, -0.25) is 14.9 Å². The van der Waals surface area contributed by atoms with Gasteiger partial charge in [-0.25, -0.2) is 0 Å². The molecule has 0 amide bonds. The third-order valence-electron chi connectivity index (χ3n) is 2.26. The molecule has 0 fully saturated rings. The van der Waals surface area contributed by atoms with Gasteiger partial charge in [0.1, 0.15) is 6.04 Å². The van der Waals surface area contributed by atoms with Crippen LogP contribution in [0.2, 0.25) is 0 Å². The number of rotatable bonds is 5. The molecule has 0 aliphatic carbocycles. The van der Waals surface area contributed by atoms with Crippen molar-refractivity contribution in [2.24, 2.45) is 5.11 Å². The third kappa shape index (κ3) is 3.03. The Morgan fingerprint density at radius 1 is 1.50 bits per heavy atom. The van der Waals surface area contributed by atoms with Crippen LogP contribution in [0.15, 0.2) is 29.4 Å². The van der Waals surface area contributed by atoms with Gasteiger partial charge in [-0.1, -0.05) is 5.11 Å². The lowest BCUT2D eigenvalue weighted by molar-refractivity contribution is -0.384. The van der Waals surface area contributed by atoms with Crippen LogP contribution in [0.3, 0.4) is 0 Å². The van der Waals surface area contributed by atoms with Crippen molar-refractivity contribution in [1.82, 2.24) is 0 Å². The third-order valence-corrected chi connectivity index (χ3v) is 2.26. The maximum absolute atomic E-state index is 11.9. The number of nitrogens with zero attached hydrogens (tertiary/aromatic N) is 4. The van der Waals surface area contributed by atoms with Gasteiger partial charge in [0.05, 0.1) is 11.0 Å². The van der Waals surface area contributed by atoms with Gasteiger partial charge in [0.15, 0.2) is 5.78 Å². The number of carbonyl (C=O) groups excluding carboxylic acids is 1. The van der Waals surface area contributed by atoms with Crippen LogP contribution in [0.1, 0.15) is 17.3 Å². The summed E-state index contributed by atoms with van der Waals surface area (Å²) in [5, 5.41) is 23.0. The quantitative estimate of drug-likeness (QED) is 0.213. The summed E-state index contributed by atoms with van der Waals surface area (Å²) in [6.07, 6.45) is -1.14. The number of aliphatic hydroxyl groups excluding tert-OH is 1. The highest BCUT2D eigenvalue weighted by molar-refractivity contribution is 6.00. The number of hydrogen-bond donors (Lipinski definition) is 1. The lowest BCUT2D eigenvalue weighted by Crippen LogP contribution is -2.29. The molecule has 94 valence electrons. The van der Waals surface area contributed by atoms with Crippen LogP contribution in [0.25, 0.3) is 10.4 Å². The van der Waals surface area contributed by atoms with Crippen molar-refractivity contribution in [3.63, 3.8) is 0 Å². The van der Waals surface area contributed by atoms with E-state index >= 15 is 0 Å². The van der Waals surface area contributed by atoms with Crippen LogP contribution in [0, 0.1) is 10.1 Å². The van der Waals surface area contributed by atoms with Crippen molar-refractivity contribution in [3.05, 3.63) is 50.4 Å². The van der Waals surface area contributed by atoms with E-state index in [0.717, 1.165) is 0 Å². The van der Waals surface area contributed by atoms with E-state index in [2.05, 4.69) is 10.0 Å². The van der Waals surface area contributed by atoms with Crippen LogP contribution < -0.4 is 0 Å². The fraction of sp³-hybridized carbons (Fsp3) is 0.300. The number of azide groups is 1. The molecule has 1 aromatic carbocycles. The van der Waals surface area contributed by atoms with Crippen LogP contribution in [-0.4, -0.2) is 28.0 Å². The zero-order valence-electron chi connectivity index (χ0n) is 9.42. The van der Waals surface area contributed by atoms with Crippen LogP contribution in [0.5, 0.6) is 0 Å². The summed E-state index contributed by atoms with van der Waals surface area (Å²) in [4.78, 5) is 24.2. The highest BCUT2D eigenvalue weighted by Crippen LogP contribution is 2.15. The van der Waals surface area contributed by atoms with Crippen LogP contribution in [-0.2, 0) is 0 Å². The van der Waals surface area contributed by atoms with Crippen molar-refractivity contribution >= 4 is 11.5 Å². The maximum Gasteiger partial charge on any atom is 0.269 e. The fourth-order valence-electron chi connectivity index (χ4n) is 1.34. The summed E-state index contributed by atoms with van der Waals surface area (Å²) >= 11 is 0. The first-order chi connectivity index (χ1) is 8.47. The number of hydrogen-bond acceptors (Lipinski definition) is 5. The largest absolute Gasteiger partial charge is 0.393 e. The van der Waals surface area contributed by atoms with Crippen LogP contribution >= 0.6 is 0 Å². The van der Waals surface area contributed by atoms with Crippen molar-refractivity contribution < 1.29 is 14.8 Å². The summed E-state index contributed by atoms with van der Waals surface area (Å²) < 4.78 is 0. The smallest absolute Gasteiger partial charge is 0.269 e. The number of ketones is 1. The van der Waals surface area contributed by atoms with Crippen LogP contribution in [0.4, 0.5) is 5.69 Å². The lowest BCUT2D eigenvalue weighted by Gasteiger charge is -2.12. The van der Waals surface area contributed by atoms with E-state index < -0.39 is 22.9 Å². The molecule has 0 aliphatic rings. The number of benzene rings is 1. The number of Topliss-reactive ketones (excluding diaryl/α,β-unsaturated/α-hetero) is 1. The molecule has 8 heteroatoms. The maximum atomic E-state index is 11.9. The standard InChI is InChI=1S/C10H10N4O4/c1-6(15)9(12-13-11)10(16)7-2-4-8(5-3-7)14(17)18/h2-6,9,15H,1H3/t6-,9-/m0/s1. The minimum atomic E-state index is -1.24. The Morgan fingerprint density at radius 3 is 2.44 bits per heavy atom. The second kappa shape index (κ2) is 5.76. The molecular formula is C10H10N4O4. The number of nitro groups is 1. The predicted molar refractivity (Wildman–Crippen MR) is 62.0 cm³/mol. The van der Waals surface area contributed by atoms with Gasteiger partial charge in [0, 0.05) is 22.6 Å². The molecule has 0 heterocycles. The summed E-state index contributed by atoms with van der Waals surface area (Å²) in [6, 6.07) is 3.60. The molecule has 8 nitrogen and oxygen atoms in total. The Bertz CT molecular complexity index is 505. The zero-order chi connectivity index (χ0) is 13.7. The number of non-ortho nitro benzene ring substituents is 1. The van der Waals surface area contributed by atoms with Gasteiger partial charge >= 0.3 is 0 Å². The average Bonchev–Trinajstić information content (AvgIpc) is 2.35. The van der Waals surface area contributed by atoms with E-state index in [0.29, 0.717) is 0 Å². The van der Waals surface area contributed by atoms with Gasteiger partial charge in [-0.2, -0.15) is 0 Å². The highest BCUT2D eigenvalue weighted by atomic mass is 16.6. The van der Waals surface area contributed by atoms with Crippen molar-refractivity contribution in [2.45, 2.75) is 19.1 Å². The molecule has 0 saturated heterocycles. The molecule has 2 atom stereocenters. The SMILES string of the molecule is C[C@H](O)[C@H](N=[N+]=[N-])C(=O)c1ccc([N+](=O)[O-])cc1. The van der Waals surface area contributed by atoms with Gasteiger partial charge in [-0.15, -0.1) is 0 Å². The molecular weight excluding hydrogens is 240 g/mol. The molecule has 0 unspecified atom stereocenters. The summed E-state index contributed by atoms with van der Waals surface area (Å²) in [5.41, 5.74) is 8.29. The molecule has 1 aromatic rings. The van der Waals surface area contributed by atoms with E-state index in [9.17, 15) is 20.0 Å². The number of aliphatic hydroxyl groups is 1. The summed E-state index contributed by atoms with van der Waals surface area (Å²) in [5.74, 6) is -0.585. The Kier molecular flexibility index (Phi) is 4.36. The van der Waals surface area contributed by atoms with Crippen molar-refractivity contribution in [1.29, 1.82) is 0 Å². The summed E-state index contributed by atoms with van der Waals surface area (Å²) in [6.45, 7) is 1.32. The van der Waals surface area contributed by atoms with E-state index in [1.165, 1.54) is 31.2 Å². The molecule has 1 N–H and O–H groups in total. The van der Waals surface area contributed by atoms with Gasteiger partial charge in [0.25, 0.3) is 5.69 Å². The lowest BCUT2D eigenvalue weighted by atomic mass is 10.0. The number of nitro benzene ring substituents is 1. The highest BCUT2D eigenvalue weighted by Gasteiger charge is 2.23. The number of carbonyl (C=O) groups is 1. The fourth-order valence-corrected chi connectivity index (χ4v) is 1.34. The minimum absolute atomic E-state index is 0.138. The normalized spacial score (nSPS) is 13.2. The van der Waals surface area contributed by atoms with Crippen molar-refractivity contribution in [2.75, 3.05) is 0 Å². The molecule has 0 aromatic heterocycles. The van der Waals surface area contributed by atoms with E-state index in [1.54, 1.807) is 0 Å². The first-order valence-electron chi connectivity index (χ1n) is 4.98. The predicted octanol–water partition coefficient (Wildman–Crippen LogP) is 1.84. The summed E-state index contributed by atoms with van der Waals surface area (Å²) in [7, 11) is 0. The van der Waals surface area contributed by atoms with Gasteiger partial charge in [-0.05, 0) is 24.6 Å². The van der Waals surface area contributed by atoms with Crippen molar-refractivity contribution in [3.8, 4) is 0 Å². The van der Waals surface area contributed by atoms with Gasteiger partial charge < -0.3 is 5.11 Å². The Balaban J connectivity index is 3.02.